The number of carbonyl (C=O) groups excluding carboxylic acids is 2. The Balaban J connectivity index is -0.000000142. The molecule has 1 unspecified atom stereocenters. The van der Waals surface area contributed by atoms with E-state index in [0.717, 1.165) is 0 Å². The third-order valence-electron chi connectivity index (χ3n) is 2.97. The van der Waals surface area contributed by atoms with Gasteiger partial charge in [0, 0.05) is 12.8 Å². The summed E-state index contributed by atoms with van der Waals surface area (Å²) in [5.41, 5.74) is 16.7. The Morgan fingerprint density at radius 1 is 1.14 bits per heavy atom. The summed E-state index contributed by atoms with van der Waals surface area (Å²) in [5, 5.41) is 0. The van der Waals surface area contributed by atoms with Gasteiger partial charge in [-0.2, -0.15) is 0 Å². The van der Waals surface area contributed by atoms with Crippen LogP contribution >= 0.6 is 0 Å². The molecule has 0 saturated heterocycles. The third-order valence-corrected chi connectivity index (χ3v) is 2.97. The van der Waals surface area contributed by atoms with Crippen LogP contribution in [-0.2, 0) is 31.3 Å². The molecular formula is C14H17Cl2N2O2Ti-3. The number of hydrogen-bond donors (Lipinski definition) is 0. The van der Waals surface area contributed by atoms with Crippen LogP contribution in [0.15, 0.2) is 23.8 Å². The topological polar surface area (TPSA) is 81.7 Å². The quantitative estimate of drug-likeness (QED) is 0.297. The van der Waals surface area contributed by atoms with Gasteiger partial charge < -0.3 is 45.9 Å². The fraction of sp³-hybridized carbons (Fsp3) is 0.286. The third kappa shape index (κ3) is 8.27. The molecule has 1 aliphatic carbocycles. The molecule has 0 aliphatic heterocycles. The number of benzene rings is 1. The summed E-state index contributed by atoms with van der Waals surface area (Å²) in [5.74, 6) is 0.595. The molecule has 1 aliphatic rings. The van der Waals surface area contributed by atoms with Gasteiger partial charge in [0.05, 0.1) is 0 Å². The van der Waals surface area contributed by atoms with Crippen molar-refractivity contribution in [2.45, 2.75) is 26.7 Å². The van der Waals surface area contributed by atoms with E-state index in [9.17, 15) is 0 Å². The molecule has 0 fully saturated rings. The monoisotopic (exact) mass is 363 g/mol. The molecule has 0 heterocycles. The molecule has 2 amide bonds. The Labute approximate surface area is 153 Å². The second kappa shape index (κ2) is 15.6. The predicted molar refractivity (Wildman–Crippen MR) is 72.7 cm³/mol. The first-order valence-electron chi connectivity index (χ1n) is 5.45. The predicted octanol–water partition coefficient (Wildman–Crippen LogP) is -2.21. The molecule has 0 aromatic heterocycles. The summed E-state index contributed by atoms with van der Waals surface area (Å²) in [6.45, 7) is 6.67. The van der Waals surface area contributed by atoms with Crippen molar-refractivity contribution in [3.05, 3.63) is 52.4 Å². The van der Waals surface area contributed by atoms with Crippen molar-refractivity contribution in [2.24, 2.45) is 0 Å². The molecule has 0 radical (unpaired) electrons. The van der Waals surface area contributed by atoms with Crippen LogP contribution in [0.2, 0.25) is 0 Å². The van der Waals surface area contributed by atoms with Gasteiger partial charge in [-0.3, -0.25) is 0 Å². The van der Waals surface area contributed by atoms with Gasteiger partial charge in [-0.1, -0.05) is 20.8 Å². The van der Waals surface area contributed by atoms with E-state index in [-0.39, 0.29) is 59.4 Å². The second-order valence-electron chi connectivity index (χ2n) is 3.77. The molecule has 0 saturated carbocycles. The minimum atomic E-state index is 0. The van der Waals surface area contributed by atoms with Crippen LogP contribution in [-0.4, -0.2) is 12.8 Å². The number of halogens is 2. The second-order valence-corrected chi connectivity index (χ2v) is 3.77. The average Bonchev–Trinajstić information content (AvgIpc) is 2.58. The van der Waals surface area contributed by atoms with E-state index < -0.39 is 0 Å². The zero-order valence-electron chi connectivity index (χ0n) is 12.0. The minimum Gasteiger partial charge on any atom is -1.00 e. The van der Waals surface area contributed by atoms with Gasteiger partial charge in [-0.05, 0) is 5.92 Å². The molecule has 1 aromatic rings. The van der Waals surface area contributed by atoms with E-state index in [1.54, 1.807) is 0 Å². The smallest absolute Gasteiger partial charge is 1.00 e. The van der Waals surface area contributed by atoms with Gasteiger partial charge in [0.25, 0.3) is 0 Å². The molecule has 4 nitrogen and oxygen atoms in total. The molecular weight excluding hydrogens is 347 g/mol. The Kier molecular flexibility index (Phi) is 21.0. The first-order chi connectivity index (χ1) is 8.54. The molecule has 0 bridgehead atoms. The number of allylic oxidation sites excluding steroid dienone is 2. The normalized spacial score (nSPS) is 13.4. The number of carbonyl (C=O) groups is 2. The molecule has 2 N–H and O–H groups in total. The van der Waals surface area contributed by atoms with E-state index in [1.165, 1.54) is 22.3 Å². The van der Waals surface area contributed by atoms with Crippen LogP contribution in [0.5, 0.6) is 0 Å². The van der Waals surface area contributed by atoms with E-state index in [1.807, 2.05) is 6.07 Å². The van der Waals surface area contributed by atoms with Gasteiger partial charge in [0.15, 0.2) is 0 Å². The Morgan fingerprint density at radius 2 is 1.57 bits per heavy atom. The molecule has 21 heavy (non-hydrogen) atoms. The maximum Gasteiger partial charge on any atom is 2.00 e. The Bertz CT molecular complexity index is 448. The molecule has 116 valence electrons. The summed E-state index contributed by atoms with van der Waals surface area (Å²) >= 11 is 0. The number of fused-ring (bicyclic) bond motifs is 1. The van der Waals surface area contributed by atoms with Crippen LogP contribution < -0.4 is 24.8 Å². The fourth-order valence-electron chi connectivity index (χ4n) is 1.89. The van der Waals surface area contributed by atoms with Gasteiger partial charge >= 0.3 is 21.7 Å². The molecule has 1 aromatic carbocycles. The van der Waals surface area contributed by atoms with Gasteiger partial charge in [-0.25, -0.2) is 0 Å². The van der Waals surface area contributed by atoms with Gasteiger partial charge in [0.1, 0.15) is 0 Å². The van der Waals surface area contributed by atoms with Crippen molar-refractivity contribution in [3.63, 3.8) is 0 Å². The summed E-state index contributed by atoms with van der Waals surface area (Å²) in [7, 11) is 0. The largest absolute Gasteiger partial charge is 2.00 e. The summed E-state index contributed by atoms with van der Waals surface area (Å²) in [4.78, 5) is 16.9. The van der Waals surface area contributed by atoms with Crippen LogP contribution in [0.4, 0.5) is 0 Å². The van der Waals surface area contributed by atoms with E-state index in [2.05, 4.69) is 39.0 Å². The number of rotatable bonds is 0. The van der Waals surface area contributed by atoms with Gasteiger partial charge in [-0.15, -0.1) is 46.5 Å². The molecule has 1 atom stereocenters. The average molecular weight is 364 g/mol. The minimum absolute atomic E-state index is 0. The van der Waals surface area contributed by atoms with Crippen molar-refractivity contribution in [1.29, 1.82) is 0 Å². The maximum absolute atomic E-state index is 8.47. The zero-order valence-corrected chi connectivity index (χ0v) is 15.1. The fourth-order valence-corrected chi connectivity index (χ4v) is 1.89. The van der Waals surface area contributed by atoms with Crippen LogP contribution in [0.3, 0.4) is 0 Å². The number of hydrogen-bond acceptors (Lipinski definition) is 2. The Morgan fingerprint density at radius 3 is 1.95 bits per heavy atom. The van der Waals surface area contributed by atoms with Crippen molar-refractivity contribution < 1.29 is 56.1 Å². The van der Waals surface area contributed by atoms with Crippen LogP contribution in [0, 0.1) is 6.07 Å². The molecule has 0 spiro atoms. The number of nitrogens with one attached hydrogen (secondary N) is 2. The standard InChI is InChI=1S/C12H13.2CH3NO.2ClH.Ti/c1-8-9(2)11-6-4-5-7-12(11)10(8)3;2*2-1-3;;;/h4-6,9H,1-3H3;2*1H,(H2,2,3);2*1H;/q-1;;;;;+2/p-4. The van der Waals surface area contributed by atoms with Crippen LogP contribution in [0.1, 0.15) is 37.8 Å². The first-order valence-corrected chi connectivity index (χ1v) is 5.45. The van der Waals surface area contributed by atoms with Gasteiger partial charge in [0.2, 0.25) is 0 Å². The van der Waals surface area contributed by atoms with E-state index in [0.29, 0.717) is 5.92 Å². The molecule has 2 rings (SSSR count). The van der Waals surface area contributed by atoms with E-state index in [4.69, 9.17) is 21.1 Å². The van der Waals surface area contributed by atoms with E-state index >= 15 is 0 Å². The van der Waals surface area contributed by atoms with Crippen LogP contribution in [0.25, 0.3) is 17.0 Å². The number of amides is 2. The first kappa shape index (κ1) is 28.4. The molecule has 7 heteroatoms. The Hall–Kier alpha value is -0.806. The van der Waals surface area contributed by atoms with Crippen molar-refractivity contribution in [2.75, 3.05) is 0 Å². The summed E-state index contributed by atoms with van der Waals surface area (Å²) in [6, 6.07) is 9.57. The summed E-state index contributed by atoms with van der Waals surface area (Å²) in [6.07, 6.45) is 0. The maximum atomic E-state index is 8.47. The summed E-state index contributed by atoms with van der Waals surface area (Å²) < 4.78 is 0. The zero-order chi connectivity index (χ0) is 14.1. The van der Waals surface area contributed by atoms with Crippen molar-refractivity contribution >= 4 is 18.4 Å². The van der Waals surface area contributed by atoms with Crippen molar-refractivity contribution in [1.82, 2.24) is 0 Å². The SMILES string of the molecule is CC1=C(C)C(C)c2ccc[c-]c21.[Cl-].[Cl-].[NH-]C=O.[NH-]C=O.[Ti+2]. The van der Waals surface area contributed by atoms with Crippen molar-refractivity contribution in [3.8, 4) is 0 Å².